The Morgan fingerprint density at radius 3 is 2.52 bits per heavy atom. The van der Waals surface area contributed by atoms with Crippen molar-refractivity contribution >= 4 is 50.1 Å². The Kier molecular flexibility index (Phi) is 9.15. The van der Waals surface area contributed by atoms with E-state index in [-0.39, 0.29) is 27.5 Å². The van der Waals surface area contributed by atoms with Crippen molar-refractivity contribution in [3.8, 4) is 11.1 Å². The molecule has 11 rings (SSSR count). The maximum atomic E-state index is 13.0. The largest absolute Gasteiger partial charge is 0.476 e. The van der Waals surface area contributed by atoms with Crippen molar-refractivity contribution in [3.05, 3.63) is 65.1 Å². The zero-order valence-electron chi connectivity index (χ0n) is 34.0. The van der Waals surface area contributed by atoms with E-state index in [0.717, 1.165) is 129 Å². The lowest BCUT2D eigenvalue weighted by molar-refractivity contribution is -0.249. The maximum absolute atomic E-state index is 13.0. The van der Waals surface area contributed by atoms with Crippen molar-refractivity contribution in [2.45, 2.75) is 91.2 Å². The molecule has 4 atom stereocenters. The summed E-state index contributed by atoms with van der Waals surface area (Å²) < 4.78 is 15.8. The number of carboxylic acid groups (broad SMARTS) is 1. The van der Waals surface area contributed by atoms with Gasteiger partial charge in [-0.3, -0.25) is 9.58 Å². The lowest BCUT2D eigenvalue weighted by atomic mass is 9.39. The second kappa shape index (κ2) is 14.1. The predicted octanol–water partition coefficient (Wildman–Crippen LogP) is 7.96. The second-order valence-electron chi connectivity index (χ2n) is 18.7. The normalized spacial score (nSPS) is 28.0. The van der Waals surface area contributed by atoms with Gasteiger partial charge in [-0.25, -0.2) is 14.8 Å². The van der Waals surface area contributed by atoms with Gasteiger partial charge in [0.05, 0.1) is 41.8 Å². The highest BCUT2D eigenvalue weighted by atomic mass is 32.1. The summed E-state index contributed by atoms with van der Waals surface area (Å²) in [5, 5.41) is 29.0. The van der Waals surface area contributed by atoms with Crippen LogP contribution in [0.25, 0.3) is 21.3 Å². The Morgan fingerprint density at radius 2 is 1.74 bits per heavy atom. The molecule has 2 aliphatic heterocycles. The van der Waals surface area contributed by atoms with Crippen LogP contribution in [0.3, 0.4) is 0 Å². The van der Waals surface area contributed by atoms with Crippen molar-refractivity contribution < 1.29 is 19.4 Å². The van der Waals surface area contributed by atoms with Gasteiger partial charge in [0.2, 0.25) is 0 Å². The smallest absolute Gasteiger partial charge is 0.355 e. The number of ether oxygens (including phenoxy) is 2. The molecule has 6 heterocycles. The number of nitrogens with zero attached hydrogens (tertiary/aromatic N) is 8. The summed E-state index contributed by atoms with van der Waals surface area (Å²) in [6.45, 7) is 15.8. The first-order chi connectivity index (χ1) is 27.9. The molecule has 5 aromatic rings. The van der Waals surface area contributed by atoms with Crippen LogP contribution >= 0.6 is 11.3 Å². The molecule has 5 fully saturated rings. The second-order valence-corrected chi connectivity index (χ2v) is 19.7. The highest BCUT2D eigenvalue weighted by molar-refractivity contribution is 7.22. The van der Waals surface area contributed by atoms with E-state index in [1.807, 2.05) is 41.4 Å². The third kappa shape index (κ3) is 6.75. The van der Waals surface area contributed by atoms with Crippen LogP contribution in [-0.2, 0) is 22.4 Å². The summed E-state index contributed by atoms with van der Waals surface area (Å²) in [5.41, 5.74) is 5.76. The zero-order chi connectivity index (χ0) is 39.9. The number of anilines is 4. The number of carboxylic acids is 1. The first-order valence-corrected chi connectivity index (χ1v) is 21.7. The van der Waals surface area contributed by atoms with Gasteiger partial charge < -0.3 is 24.8 Å². The predicted molar refractivity (Wildman–Crippen MR) is 224 cm³/mol. The molecular formula is C44H53N9O4S. The number of rotatable bonds is 11. The van der Waals surface area contributed by atoms with Crippen molar-refractivity contribution in [1.82, 2.24) is 34.8 Å². The number of aromatic nitrogens is 6. The Morgan fingerprint density at radius 1 is 0.948 bits per heavy atom. The maximum Gasteiger partial charge on any atom is 0.355 e. The van der Waals surface area contributed by atoms with Crippen molar-refractivity contribution in [2.75, 3.05) is 56.2 Å². The fourth-order valence-electron chi connectivity index (χ4n) is 12.5. The molecule has 2 N–H and O–H groups in total. The molecule has 6 aliphatic rings. The van der Waals surface area contributed by atoms with Gasteiger partial charge in [0.1, 0.15) is 5.82 Å². The Bertz CT molecular complexity index is 2350. The third-order valence-electron chi connectivity index (χ3n) is 13.7. The monoisotopic (exact) mass is 803 g/mol. The number of para-hydroxylation sites is 1. The zero-order valence-corrected chi connectivity index (χ0v) is 34.8. The molecule has 4 bridgehead atoms. The van der Waals surface area contributed by atoms with E-state index < -0.39 is 5.97 Å². The molecule has 0 radical (unpaired) electrons. The Balaban J connectivity index is 0.898. The Hall–Kier alpha value is -4.50. The van der Waals surface area contributed by atoms with Gasteiger partial charge >= 0.3 is 5.97 Å². The number of fused-ring (bicyclic) bond motifs is 2. The first-order valence-electron chi connectivity index (χ1n) is 20.9. The van der Waals surface area contributed by atoms with Gasteiger partial charge in [0, 0.05) is 60.7 Å². The van der Waals surface area contributed by atoms with Crippen LogP contribution in [0.4, 0.5) is 22.6 Å². The van der Waals surface area contributed by atoms with Crippen LogP contribution < -0.4 is 10.2 Å². The summed E-state index contributed by atoms with van der Waals surface area (Å²) in [5.74, 6) is 0.851. The summed E-state index contributed by atoms with van der Waals surface area (Å²) in [4.78, 5) is 26.9. The number of morpholine rings is 1. The summed E-state index contributed by atoms with van der Waals surface area (Å²) in [6.07, 6.45) is 10.4. The van der Waals surface area contributed by atoms with Crippen LogP contribution in [0.15, 0.2) is 42.6 Å². The van der Waals surface area contributed by atoms with Crippen LogP contribution in [0.1, 0.15) is 86.1 Å². The van der Waals surface area contributed by atoms with Crippen LogP contribution in [-0.4, -0.2) is 97.5 Å². The number of pyridine rings is 1. The fourth-order valence-corrected chi connectivity index (χ4v) is 13.3. The molecule has 13 nitrogen and oxygen atoms in total. The molecule has 4 saturated carbocycles. The Labute approximate surface area is 343 Å². The molecule has 304 valence electrons. The van der Waals surface area contributed by atoms with E-state index in [1.54, 1.807) is 11.3 Å². The average molecular weight is 804 g/mol. The van der Waals surface area contributed by atoms with Gasteiger partial charge in [-0.2, -0.15) is 5.10 Å². The number of hydrogen-bond acceptors (Lipinski definition) is 12. The fraction of sp³-hybridized carbons (Fsp3) is 0.545. The summed E-state index contributed by atoms with van der Waals surface area (Å²) in [6, 6.07) is 11.9. The van der Waals surface area contributed by atoms with E-state index in [0.29, 0.717) is 29.6 Å². The summed E-state index contributed by atoms with van der Waals surface area (Å²) in [7, 11) is 0. The van der Waals surface area contributed by atoms with Gasteiger partial charge in [-0.05, 0) is 106 Å². The minimum absolute atomic E-state index is 0.00789. The molecule has 1 saturated heterocycles. The number of hydrogen-bond donors (Lipinski definition) is 2. The van der Waals surface area contributed by atoms with E-state index in [2.05, 4.69) is 58.9 Å². The minimum Gasteiger partial charge on any atom is -0.476 e. The third-order valence-corrected chi connectivity index (χ3v) is 14.7. The summed E-state index contributed by atoms with van der Waals surface area (Å²) >= 11 is 1.58. The lowest BCUT2D eigenvalue weighted by Gasteiger charge is -2.69. The van der Waals surface area contributed by atoms with Crippen molar-refractivity contribution in [1.29, 1.82) is 0 Å². The minimum atomic E-state index is -1.07. The average Bonchev–Trinajstić information content (AvgIpc) is 3.76. The molecule has 1 aromatic carbocycles. The van der Waals surface area contributed by atoms with E-state index in [4.69, 9.17) is 24.5 Å². The molecule has 0 spiro atoms. The lowest BCUT2D eigenvalue weighted by Crippen LogP contribution is -2.64. The number of benzene rings is 1. The number of thiazole rings is 1. The molecule has 2 unspecified atom stereocenters. The SMILES string of the molecule is Cc1c(Nc2nc3ccccc3s2)nnc2c1CCCN2c1ccc(-c2cnn(CC34CC5(OCCN6CCOCC6)C[C@](C)(C3)C[C@](C)(C4)C5)c2C)c(C(=O)O)n1. The number of carbonyl (C=O) groups is 1. The van der Waals surface area contributed by atoms with E-state index >= 15 is 0 Å². The van der Waals surface area contributed by atoms with Gasteiger partial charge in [-0.15, -0.1) is 10.2 Å². The molecule has 0 amide bonds. The highest BCUT2D eigenvalue weighted by Crippen LogP contribution is 2.72. The number of aromatic carboxylic acids is 1. The van der Waals surface area contributed by atoms with E-state index in [9.17, 15) is 9.90 Å². The van der Waals surface area contributed by atoms with Crippen molar-refractivity contribution in [2.24, 2.45) is 16.2 Å². The molecule has 4 aromatic heterocycles. The van der Waals surface area contributed by atoms with Crippen molar-refractivity contribution in [3.63, 3.8) is 0 Å². The first kappa shape index (κ1) is 37.7. The highest BCUT2D eigenvalue weighted by Gasteiger charge is 2.66. The van der Waals surface area contributed by atoms with Crippen LogP contribution in [0, 0.1) is 30.1 Å². The molecule has 4 aliphatic carbocycles. The number of nitrogens with one attached hydrogen (secondary N) is 1. The van der Waals surface area contributed by atoms with Gasteiger partial charge in [0.15, 0.2) is 22.5 Å². The van der Waals surface area contributed by atoms with Crippen LogP contribution in [0.5, 0.6) is 0 Å². The molecule has 14 heteroatoms. The van der Waals surface area contributed by atoms with Crippen LogP contribution in [0.2, 0.25) is 0 Å². The van der Waals surface area contributed by atoms with Gasteiger partial charge in [-0.1, -0.05) is 37.3 Å². The van der Waals surface area contributed by atoms with Gasteiger partial charge in [0.25, 0.3) is 0 Å². The topological polar surface area (TPSA) is 144 Å². The molecular weight excluding hydrogens is 751 g/mol. The molecule has 58 heavy (non-hydrogen) atoms. The quantitative estimate of drug-likeness (QED) is 0.134. The standard InChI is InChI=1S/C44H53N9O4S/c1-28-30-8-7-13-52(38(30)50-49-37(28)48-40-46-33-9-5-6-10-34(33)58-40)35-12-11-31(36(47-35)39(54)55)32-20-45-53(29(32)2)27-43-22-41(3)21-42(4,23-43)25-44(24-41,26-43)57-19-16-51-14-17-56-18-15-51/h5-6,9-12,20H,7-8,13-19,21-27H2,1-4H3,(H,54,55)(H,46,48,49)/t41-,42+,43?,44?. The van der Waals surface area contributed by atoms with E-state index in [1.165, 1.54) is 6.42 Å².